The molecule has 0 fully saturated rings. The monoisotopic (exact) mass is 460 g/mol. The molecule has 0 unspecified atom stereocenters. The lowest BCUT2D eigenvalue weighted by atomic mass is 10.2. The molecule has 31 heavy (non-hydrogen) atoms. The van der Waals surface area contributed by atoms with Crippen LogP contribution in [0.4, 0.5) is 17.1 Å². The van der Waals surface area contributed by atoms with Gasteiger partial charge in [0.2, 0.25) is 0 Å². The van der Waals surface area contributed by atoms with Gasteiger partial charge in [0.25, 0.3) is 15.7 Å². The standard InChI is InChI=1S/C20H17ClN4O5S/c1-30-18-9-2-14(3-10-18)13-22-23-19-11-8-17(25(26)27)12-20(19)31(28,29)24-16-6-4-15(21)5-7-16/h2-13,23-24H,1H3/b22-13-. The highest BCUT2D eigenvalue weighted by Gasteiger charge is 2.22. The van der Waals surface area contributed by atoms with Gasteiger partial charge in [-0.15, -0.1) is 0 Å². The minimum absolute atomic E-state index is 0.0665. The van der Waals surface area contributed by atoms with E-state index in [9.17, 15) is 18.5 Å². The summed E-state index contributed by atoms with van der Waals surface area (Å²) >= 11 is 5.82. The predicted molar refractivity (Wildman–Crippen MR) is 120 cm³/mol. The normalized spacial score (nSPS) is 11.3. The number of benzene rings is 3. The van der Waals surface area contributed by atoms with Crippen molar-refractivity contribution in [3.8, 4) is 5.75 Å². The van der Waals surface area contributed by atoms with Crippen LogP contribution in [0.1, 0.15) is 5.56 Å². The van der Waals surface area contributed by atoms with E-state index < -0.39 is 14.9 Å². The van der Waals surface area contributed by atoms with Crippen molar-refractivity contribution in [2.75, 3.05) is 17.3 Å². The zero-order valence-electron chi connectivity index (χ0n) is 16.2. The highest BCUT2D eigenvalue weighted by atomic mass is 35.5. The summed E-state index contributed by atoms with van der Waals surface area (Å²) in [6, 6.07) is 16.4. The van der Waals surface area contributed by atoms with Crippen LogP contribution >= 0.6 is 11.6 Å². The van der Waals surface area contributed by atoms with Crippen molar-refractivity contribution in [3.63, 3.8) is 0 Å². The molecule has 0 aliphatic heterocycles. The first-order chi connectivity index (χ1) is 14.8. The molecule has 0 saturated carbocycles. The summed E-state index contributed by atoms with van der Waals surface area (Å²) in [7, 11) is -2.61. The van der Waals surface area contributed by atoms with Crippen LogP contribution in [0.5, 0.6) is 5.75 Å². The predicted octanol–water partition coefficient (Wildman–Crippen LogP) is 4.50. The van der Waals surface area contributed by atoms with E-state index in [1.165, 1.54) is 42.6 Å². The molecule has 2 N–H and O–H groups in total. The summed E-state index contributed by atoms with van der Waals surface area (Å²) < 4.78 is 33.3. The van der Waals surface area contributed by atoms with E-state index in [0.29, 0.717) is 10.8 Å². The number of nitro groups is 1. The Morgan fingerprint density at radius 2 is 1.74 bits per heavy atom. The van der Waals surface area contributed by atoms with E-state index in [-0.39, 0.29) is 22.0 Å². The minimum atomic E-state index is -4.17. The van der Waals surface area contributed by atoms with Crippen LogP contribution in [0.3, 0.4) is 0 Å². The summed E-state index contributed by atoms with van der Waals surface area (Å²) in [4.78, 5) is 10.1. The van der Waals surface area contributed by atoms with Crippen LogP contribution < -0.4 is 14.9 Å². The fraction of sp³-hybridized carbons (Fsp3) is 0.0500. The van der Waals surface area contributed by atoms with Crippen molar-refractivity contribution >= 4 is 44.9 Å². The van der Waals surface area contributed by atoms with Gasteiger partial charge >= 0.3 is 0 Å². The van der Waals surface area contributed by atoms with Gasteiger partial charge in [-0.05, 0) is 60.2 Å². The van der Waals surface area contributed by atoms with Gasteiger partial charge in [-0.3, -0.25) is 20.3 Å². The van der Waals surface area contributed by atoms with Crippen LogP contribution in [0, 0.1) is 10.1 Å². The number of rotatable bonds is 8. The van der Waals surface area contributed by atoms with E-state index >= 15 is 0 Å². The molecule has 0 amide bonds. The quantitative estimate of drug-likeness (QED) is 0.290. The number of sulfonamides is 1. The molecule has 0 bridgehead atoms. The smallest absolute Gasteiger partial charge is 0.270 e. The second-order valence-electron chi connectivity index (χ2n) is 6.19. The first kappa shape index (κ1) is 22.1. The Hall–Kier alpha value is -3.63. The summed E-state index contributed by atoms with van der Waals surface area (Å²) in [6.45, 7) is 0. The molecular weight excluding hydrogens is 444 g/mol. The number of non-ortho nitro benzene ring substituents is 1. The van der Waals surface area contributed by atoms with E-state index in [0.717, 1.165) is 11.6 Å². The zero-order chi connectivity index (χ0) is 22.4. The summed E-state index contributed by atoms with van der Waals surface area (Å²) in [5.74, 6) is 0.683. The van der Waals surface area contributed by atoms with Gasteiger partial charge in [0.15, 0.2) is 0 Å². The Morgan fingerprint density at radius 3 is 2.35 bits per heavy atom. The third-order valence-corrected chi connectivity index (χ3v) is 5.75. The number of hydrogen-bond donors (Lipinski definition) is 2. The third kappa shape index (κ3) is 5.71. The van der Waals surface area contributed by atoms with Crippen LogP contribution in [0.15, 0.2) is 76.7 Å². The van der Waals surface area contributed by atoms with Gasteiger partial charge in [-0.25, -0.2) is 8.42 Å². The van der Waals surface area contributed by atoms with Crippen molar-refractivity contribution in [2.24, 2.45) is 5.10 Å². The number of nitro benzene ring substituents is 1. The third-order valence-electron chi connectivity index (χ3n) is 4.08. The van der Waals surface area contributed by atoms with E-state index in [1.54, 1.807) is 31.4 Å². The molecule has 0 heterocycles. The molecule has 0 aromatic heterocycles. The molecule has 0 radical (unpaired) electrons. The zero-order valence-corrected chi connectivity index (χ0v) is 17.7. The Morgan fingerprint density at radius 1 is 1.06 bits per heavy atom. The maximum Gasteiger partial charge on any atom is 0.270 e. The molecule has 0 aliphatic rings. The minimum Gasteiger partial charge on any atom is -0.497 e. The number of nitrogens with one attached hydrogen (secondary N) is 2. The molecule has 0 saturated heterocycles. The summed E-state index contributed by atoms with van der Waals surface area (Å²) in [5, 5.41) is 15.6. The number of hydrazone groups is 1. The Balaban J connectivity index is 1.90. The number of nitrogens with zero attached hydrogens (tertiary/aromatic N) is 2. The topological polar surface area (TPSA) is 123 Å². The Bertz CT molecular complexity index is 1210. The van der Waals surface area contributed by atoms with Crippen molar-refractivity contribution in [2.45, 2.75) is 4.90 Å². The van der Waals surface area contributed by atoms with Gasteiger partial charge in [0, 0.05) is 22.8 Å². The second kappa shape index (κ2) is 9.45. The molecule has 11 heteroatoms. The number of halogens is 1. The number of ether oxygens (including phenoxy) is 1. The molecule has 3 aromatic carbocycles. The molecule has 0 aliphatic carbocycles. The molecule has 0 spiro atoms. The molecule has 160 valence electrons. The fourth-order valence-electron chi connectivity index (χ4n) is 2.53. The number of methoxy groups -OCH3 is 1. The summed E-state index contributed by atoms with van der Waals surface area (Å²) in [6.07, 6.45) is 1.48. The molecule has 3 aromatic rings. The van der Waals surface area contributed by atoms with E-state index in [1.807, 2.05) is 0 Å². The molecule has 0 atom stereocenters. The van der Waals surface area contributed by atoms with Gasteiger partial charge in [0.05, 0.1) is 23.9 Å². The Labute approximate surface area is 183 Å². The van der Waals surface area contributed by atoms with E-state index in [4.69, 9.17) is 16.3 Å². The average molecular weight is 461 g/mol. The highest BCUT2D eigenvalue weighted by Crippen LogP contribution is 2.28. The van der Waals surface area contributed by atoms with Crippen molar-refractivity contribution < 1.29 is 18.1 Å². The molecule has 3 rings (SSSR count). The van der Waals surface area contributed by atoms with Gasteiger partial charge in [-0.1, -0.05) is 11.6 Å². The lowest BCUT2D eigenvalue weighted by Gasteiger charge is -2.12. The van der Waals surface area contributed by atoms with Crippen molar-refractivity contribution in [3.05, 3.63) is 87.4 Å². The number of hydrogen-bond acceptors (Lipinski definition) is 7. The average Bonchev–Trinajstić information content (AvgIpc) is 2.75. The van der Waals surface area contributed by atoms with Gasteiger partial charge < -0.3 is 4.74 Å². The van der Waals surface area contributed by atoms with Gasteiger partial charge in [-0.2, -0.15) is 5.10 Å². The second-order valence-corrected chi connectivity index (χ2v) is 8.28. The SMILES string of the molecule is COc1ccc(/C=N\Nc2ccc([N+](=O)[O-])cc2S(=O)(=O)Nc2ccc(Cl)cc2)cc1. The first-order valence-electron chi connectivity index (χ1n) is 8.78. The maximum absolute atomic E-state index is 12.9. The van der Waals surface area contributed by atoms with Crippen LogP contribution in [0.25, 0.3) is 0 Å². The van der Waals surface area contributed by atoms with Crippen LogP contribution in [0.2, 0.25) is 5.02 Å². The van der Waals surface area contributed by atoms with Crippen molar-refractivity contribution in [1.82, 2.24) is 0 Å². The fourth-order valence-corrected chi connectivity index (χ4v) is 3.90. The lowest BCUT2D eigenvalue weighted by Crippen LogP contribution is -2.15. The maximum atomic E-state index is 12.9. The summed E-state index contributed by atoms with van der Waals surface area (Å²) in [5.41, 5.74) is 3.31. The van der Waals surface area contributed by atoms with Crippen LogP contribution in [-0.4, -0.2) is 26.7 Å². The van der Waals surface area contributed by atoms with Crippen LogP contribution in [-0.2, 0) is 10.0 Å². The van der Waals surface area contributed by atoms with Crippen molar-refractivity contribution in [1.29, 1.82) is 0 Å². The largest absolute Gasteiger partial charge is 0.497 e. The Kier molecular flexibility index (Phi) is 6.73. The lowest BCUT2D eigenvalue weighted by molar-refractivity contribution is -0.385. The first-order valence-corrected chi connectivity index (χ1v) is 10.6. The number of anilines is 2. The molecular formula is C20H17ClN4O5S. The highest BCUT2D eigenvalue weighted by molar-refractivity contribution is 7.92. The van der Waals surface area contributed by atoms with E-state index in [2.05, 4.69) is 15.2 Å². The molecule has 9 nitrogen and oxygen atoms in total. The van der Waals surface area contributed by atoms with Gasteiger partial charge in [0.1, 0.15) is 10.6 Å².